The van der Waals surface area contributed by atoms with Gasteiger partial charge in [-0.1, -0.05) is 25.1 Å². The number of hydrogen-bond donors (Lipinski definition) is 2. The van der Waals surface area contributed by atoms with Crippen LogP contribution in [0.3, 0.4) is 0 Å². The van der Waals surface area contributed by atoms with Gasteiger partial charge in [-0.2, -0.15) is 0 Å². The van der Waals surface area contributed by atoms with Crippen LogP contribution in [0.15, 0.2) is 27.7 Å². The summed E-state index contributed by atoms with van der Waals surface area (Å²) in [6.45, 7) is 5.43. The van der Waals surface area contributed by atoms with Gasteiger partial charge in [-0.05, 0) is 49.8 Å². The Bertz CT molecular complexity index is 819. The van der Waals surface area contributed by atoms with Gasteiger partial charge in [0, 0.05) is 32.1 Å². The zero-order valence-corrected chi connectivity index (χ0v) is 18.6. The largest absolute Gasteiger partial charge is 0.493 e. The molecule has 0 atom stereocenters. The second-order valence-electron chi connectivity index (χ2n) is 7.53. The highest BCUT2D eigenvalue weighted by Gasteiger charge is 2.19. The standard InChI is InChI=1S/C23H34N4O3/c1-5-19-18(20(6-2)30-27-19)15-26-23(24-3)25-14-16-11-12-21(28-4)22(13-16)29-17-9-7-8-10-17/h11-13,17H,5-10,14-15H2,1-4H3,(H2,24,25,26). The quantitative estimate of drug-likeness (QED) is 0.477. The van der Waals surface area contributed by atoms with Crippen molar-refractivity contribution in [3.05, 3.63) is 40.8 Å². The molecule has 1 saturated carbocycles. The highest BCUT2D eigenvalue weighted by Crippen LogP contribution is 2.32. The van der Waals surface area contributed by atoms with Crippen molar-refractivity contribution in [3.8, 4) is 11.5 Å². The van der Waals surface area contributed by atoms with Gasteiger partial charge in [0.05, 0.1) is 18.9 Å². The zero-order chi connectivity index (χ0) is 21.3. The van der Waals surface area contributed by atoms with Gasteiger partial charge in [-0.15, -0.1) is 0 Å². The molecule has 0 radical (unpaired) electrons. The summed E-state index contributed by atoms with van der Waals surface area (Å²) >= 11 is 0. The molecule has 0 unspecified atom stereocenters. The van der Waals surface area contributed by atoms with Gasteiger partial charge in [0.25, 0.3) is 0 Å². The minimum Gasteiger partial charge on any atom is -0.493 e. The topological polar surface area (TPSA) is 80.9 Å². The maximum atomic E-state index is 6.20. The van der Waals surface area contributed by atoms with E-state index in [4.69, 9.17) is 14.0 Å². The Hall–Kier alpha value is -2.70. The Morgan fingerprint density at radius 2 is 1.90 bits per heavy atom. The van der Waals surface area contributed by atoms with E-state index in [2.05, 4.69) is 40.7 Å². The van der Waals surface area contributed by atoms with Crippen LogP contribution in [0.2, 0.25) is 0 Å². The minimum atomic E-state index is 0.292. The molecule has 1 aliphatic rings. The van der Waals surface area contributed by atoms with Crippen LogP contribution in [0.5, 0.6) is 11.5 Å². The molecule has 2 aromatic rings. The van der Waals surface area contributed by atoms with E-state index in [0.717, 1.165) is 65.7 Å². The van der Waals surface area contributed by atoms with E-state index in [-0.39, 0.29) is 0 Å². The maximum absolute atomic E-state index is 6.20. The van der Waals surface area contributed by atoms with Crippen molar-refractivity contribution in [1.82, 2.24) is 15.8 Å². The van der Waals surface area contributed by atoms with Crippen molar-refractivity contribution in [3.63, 3.8) is 0 Å². The van der Waals surface area contributed by atoms with E-state index in [9.17, 15) is 0 Å². The van der Waals surface area contributed by atoms with E-state index in [1.54, 1.807) is 14.2 Å². The molecule has 1 fully saturated rings. The third-order valence-electron chi connectivity index (χ3n) is 5.55. The number of aliphatic imine (C=N–C) groups is 1. The number of guanidine groups is 1. The van der Waals surface area contributed by atoms with Crippen molar-refractivity contribution in [2.24, 2.45) is 4.99 Å². The van der Waals surface area contributed by atoms with Gasteiger partial charge in [-0.3, -0.25) is 4.99 Å². The van der Waals surface area contributed by atoms with Crippen LogP contribution >= 0.6 is 0 Å². The Balaban J connectivity index is 1.60. The number of nitrogens with one attached hydrogen (secondary N) is 2. The van der Waals surface area contributed by atoms with Crippen molar-refractivity contribution in [1.29, 1.82) is 0 Å². The van der Waals surface area contributed by atoms with Crippen LogP contribution in [0.25, 0.3) is 0 Å². The summed E-state index contributed by atoms with van der Waals surface area (Å²) in [6, 6.07) is 6.07. The lowest BCUT2D eigenvalue weighted by atomic mass is 10.1. The molecule has 3 rings (SSSR count). The molecular weight excluding hydrogens is 380 g/mol. The molecule has 1 aromatic heterocycles. The lowest BCUT2D eigenvalue weighted by Gasteiger charge is -2.17. The van der Waals surface area contributed by atoms with Gasteiger partial charge in [0.2, 0.25) is 0 Å². The lowest BCUT2D eigenvalue weighted by Crippen LogP contribution is -2.36. The first-order valence-electron chi connectivity index (χ1n) is 10.9. The number of nitrogens with zero attached hydrogens (tertiary/aromatic N) is 2. The van der Waals surface area contributed by atoms with E-state index < -0.39 is 0 Å². The molecule has 1 aromatic carbocycles. The molecule has 1 aliphatic carbocycles. The minimum absolute atomic E-state index is 0.292. The van der Waals surface area contributed by atoms with Crippen LogP contribution < -0.4 is 20.1 Å². The summed E-state index contributed by atoms with van der Waals surface area (Å²) in [4.78, 5) is 4.34. The molecule has 0 spiro atoms. The number of benzene rings is 1. The summed E-state index contributed by atoms with van der Waals surface area (Å²) in [7, 11) is 3.45. The fourth-order valence-corrected chi connectivity index (χ4v) is 3.83. The number of aromatic nitrogens is 1. The van der Waals surface area contributed by atoms with Crippen LogP contribution in [-0.2, 0) is 25.9 Å². The second-order valence-corrected chi connectivity index (χ2v) is 7.53. The summed E-state index contributed by atoms with van der Waals surface area (Å²) in [5.74, 6) is 3.25. The highest BCUT2D eigenvalue weighted by molar-refractivity contribution is 5.79. The Morgan fingerprint density at radius 3 is 2.57 bits per heavy atom. The summed E-state index contributed by atoms with van der Waals surface area (Å²) < 4.78 is 17.1. The second kappa shape index (κ2) is 10.9. The number of methoxy groups -OCH3 is 1. The predicted octanol–water partition coefficient (Wildman–Crippen LogP) is 3.99. The SMILES string of the molecule is CCc1noc(CC)c1CNC(=NC)NCc1ccc(OC)c(OC2CCCC2)c1. The van der Waals surface area contributed by atoms with Gasteiger partial charge in [-0.25, -0.2) is 0 Å². The smallest absolute Gasteiger partial charge is 0.191 e. The average molecular weight is 415 g/mol. The van der Waals surface area contributed by atoms with Crippen LogP contribution in [-0.4, -0.2) is 31.4 Å². The molecule has 0 saturated heterocycles. The molecule has 30 heavy (non-hydrogen) atoms. The first-order valence-corrected chi connectivity index (χ1v) is 10.9. The van der Waals surface area contributed by atoms with Crippen molar-refractivity contribution in [2.45, 2.75) is 71.6 Å². The lowest BCUT2D eigenvalue weighted by molar-refractivity contribution is 0.200. The monoisotopic (exact) mass is 414 g/mol. The van der Waals surface area contributed by atoms with Crippen LogP contribution in [0, 0.1) is 0 Å². The van der Waals surface area contributed by atoms with Crippen LogP contribution in [0.4, 0.5) is 0 Å². The Morgan fingerprint density at radius 1 is 1.13 bits per heavy atom. The van der Waals surface area contributed by atoms with Crippen LogP contribution in [0.1, 0.15) is 62.1 Å². The van der Waals surface area contributed by atoms with E-state index >= 15 is 0 Å². The van der Waals surface area contributed by atoms with Gasteiger partial charge < -0.3 is 24.6 Å². The molecule has 0 aliphatic heterocycles. The number of hydrogen-bond acceptors (Lipinski definition) is 5. The summed E-state index contributed by atoms with van der Waals surface area (Å²) in [5.41, 5.74) is 3.23. The van der Waals surface area contributed by atoms with E-state index in [1.807, 2.05) is 12.1 Å². The third-order valence-corrected chi connectivity index (χ3v) is 5.55. The van der Waals surface area contributed by atoms with Crippen molar-refractivity contribution < 1.29 is 14.0 Å². The first-order chi connectivity index (χ1) is 14.7. The molecule has 1 heterocycles. The fraction of sp³-hybridized carbons (Fsp3) is 0.565. The summed E-state index contributed by atoms with van der Waals surface area (Å²) in [5, 5.41) is 10.9. The molecule has 0 bridgehead atoms. The van der Waals surface area contributed by atoms with Crippen molar-refractivity contribution >= 4 is 5.96 Å². The highest BCUT2D eigenvalue weighted by atomic mass is 16.5. The zero-order valence-electron chi connectivity index (χ0n) is 18.6. The third kappa shape index (κ3) is 5.46. The number of ether oxygens (including phenoxy) is 2. The molecule has 7 nitrogen and oxygen atoms in total. The first kappa shape index (κ1) is 22.0. The van der Waals surface area contributed by atoms with Gasteiger partial charge in [0.15, 0.2) is 17.5 Å². The number of aryl methyl sites for hydroxylation is 2. The van der Waals surface area contributed by atoms with Crippen molar-refractivity contribution in [2.75, 3.05) is 14.2 Å². The molecule has 2 N–H and O–H groups in total. The fourth-order valence-electron chi connectivity index (χ4n) is 3.83. The number of rotatable bonds is 9. The van der Waals surface area contributed by atoms with Gasteiger partial charge >= 0.3 is 0 Å². The summed E-state index contributed by atoms with van der Waals surface area (Å²) in [6.07, 6.45) is 6.67. The predicted molar refractivity (Wildman–Crippen MR) is 118 cm³/mol. The molecule has 7 heteroatoms. The normalized spacial score (nSPS) is 14.7. The average Bonchev–Trinajstić information content (AvgIpc) is 3.43. The van der Waals surface area contributed by atoms with Gasteiger partial charge in [0.1, 0.15) is 5.76 Å². The van der Waals surface area contributed by atoms with E-state index in [0.29, 0.717) is 19.2 Å². The molecular formula is C23H34N4O3. The molecule has 0 amide bonds. The van der Waals surface area contributed by atoms with E-state index in [1.165, 1.54) is 12.8 Å². The maximum Gasteiger partial charge on any atom is 0.191 e. The Labute approximate surface area is 179 Å². The Kier molecular flexibility index (Phi) is 7.99. The molecule has 164 valence electrons.